The molecule has 29 heavy (non-hydrogen) atoms. The van der Waals surface area contributed by atoms with E-state index in [1.165, 1.54) is 22.9 Å². The maximum atomic E-state index is 13.5. The topological polar surface area (TPSA) is 44.3 Å². The summed E-state index contributed by atoms with van der Waals surface area (Å²) < 4.78 is 13.5. The first-order chi connectivity index (χ1) is 14.1. The van der Waals surface area contributed by atoms with E-state index in [1.54, 1.807) is 29.8 Å². The van der Waals surface area contributed by atoms with E-state index in [0.29, 0.717) is 6.04 Å². The van der Waals surface area contributed by atoms with Crippen LogP contribution in [-0.2, 0) is 12.8 Å². The molecule has 1 N–H and O–H groups in total. The maximum absolute atomic E-state index is 13.5. The van der Waals surface area contributed by atoms with E-state index in [4.69, 9.17) is 11.6 Å². The van der Waals surface area contributed by atoms with Crippen LogP contribution < -0.4 is 5.32 Å². The normalized spacial score (nSPS) is 20.7. The molecule has 1 aliphatic carbocycles. The van der Waals surface area contributed by atoms with Crippen molar-refractivity contribution in [2.24, 2.45) is 0 Å². The lowest BCUT2D eigenvalue weighted by Gasteiger charge is -2.39. The van der Waals surface area contributed by atoms with Gasteiger partial charge in [0.05, 0.1) is 10.4 Å². The van der Waals surface area contributed by atoms with Crippen molar-refractivity contribution < 1.29 is 4.39 Å². The van der Waals surface area contributed by atoms with Crippen LogP contribution in [0.3, 0.4) is 0 Å². The highest BCUT2D eigenvalue weighted by molar-refractivity contribution is 7.19. The van der Waals surface area contributed by atoms with Crippen molar-refractivity contribution in [3.8, 4) is 0 Å². The van der Waals surface area contributed by atoms with Crippen LogP contribution in [0.5, 0.6) is 0 Å². The molecule has 1 atom stereocenters. The molecule has 2 aliphatic rings. The number of likely N-dealkylation sites (N-methyl/N-ethyl adjacent to an activating group) is 1. The molecular weight excluding hydrogens is 409 g/mol. The Morgan fingerprint density at radius 2 is 2.03 bits per heavy atom. The molecule has 2 aromatic heterocycles. The Morgan fingerprint density at radius 1 is 1.21 bits per heavy atom. The minimum absolute atomic E-state index is 0.0997. The minimum Gasteiger partial charge on any atom is -0.340 e. The summed E-state index contributed by atoms with van der Waals surface area (Å²) in [5.74, 6) is 0.348. The molecule has 0 spiro atoms. The van der Waals surface area contributed by atoms with Gasteiger partial charge in [0.2, 0.25) is 0 Å². The van der Waals surface area contributed by atoms with Crippen molar-refractivity contribution >= 4 is 44.7 Å². The van der Waals surface area contributed by atoms with Gasteiger partial charge in [0, 0.05) is 42.8 Å². The van der Waals surface area contributed by atoms with Gasteiger partial charge < -0.3 is 10.2 Å². The third kappa shape index (κ3) is 3.72. The predicted molar refractivity (Wildman–Crippen MR) is 117 cm³/mol. The number of thiophene rings is 1. The second-order valence-corrected chi connectivity index (χ2v) is 9.39. The number of anilines is 2. The molecule has 1 fully saturated rings. The van der Waals surface area contributed by atoms with Gasteiger partial charge in [0.1, 0.15) is 22.8 Å². The summed E-state index contributed by atoms with van der Waals surface area (Å²) >= 11 is 7.72. The van der Waals surface area contributed by atoms with E-state index in [-0.39, 0.29) is 5.02 Å². The van der Waals surface area contributed by atoms with Gasteiger partial charge in [-0.25, -0.2) is 14.4 Å². The second-order valence-electron chi connectivity index (χ2n) is 7.90. The molecule has 1 aromatic carbocycles. The molecule has 3 aromatic rings. The first-order valence-electron chi connectivity index (χ1n) is 9.98. The number of nitrogens with one attached hydrogen (secondary N) is 1. The number of fused-ring (bicyclic) bond motifs is 3. The van der Waals surface area contributed by atoms with Gasteiger partial charge in [-0.1, -0.05) is 11.6 Å². The number of hydrogen-bond donors (Lipinski definition) is 1. The molecule has 1 unspecified atom stereocenters. The summed E-state index contributed by atoms with van der Waals surface area (Å²) in [6, 6.07) is 5.25. The van der Waals surface area contributed by atoms with E-state index < -0.39 is 5.82 Å². The van der Waals surface area contributed by atoms with E-state index in [0.717, 1.165) is 60.7 Å². The van der Waals surface area contributed by atoms with Crippen molar-refractivity contribution in [1.82, 2.24) is 19.8 Å². The highest BCUT2D eigenvalue weighted by atomic mass is 35.5. The summed E-state index contributed by atoms with van der Waals surface area (Å²) in [6.07, 6.45) is 4.88. The highest BCUT2D eigenvalue weighted by Crippen LogP contribution is 2.40. The Kier molecular flexibility index (Phi) is 5.16. The molecule has 0 amide bonds. The molecular formula is C21H23ClFN5S. The fourth-order valence-electron chi connectivity index (χ4n) is 4.40. The fraction of sp³-hybridized carbons (Fsp3) is 0.429. The number of hydrogen-bond acceptors (Lipinski definition) is 6. The Bertz CT molecular complexity index is 1050. The van der Waals surface area contributed by atoms with Crippen LogP contribution in [0, 0.1) is 5.82 Å². The lowest BCUT2D eigenvalue weighted by Crippen LogP contribution is -2.50. The van der Waals surface area contributed by atoms with E-state index in [2.05, 4.69) is 32.1 Å². The third-order valence-corrected chi connectivity index (χ3v) is 7.51. The number of aromatic nitrogens is 2. The fourth-order valence-corrected chi connectivity index (χ4v) is 5.84. The number of rotatable bonds is 3. The predicted octanol–water partition coefficient (Wildman–Crippen LogP) is 4.33. The zero-order valence-corrected chi connectivity index (χ0v) is 17.9. The minimum atomic E-state index is -0.423. The second kappa shape index (κ2) is 7.80. The lowest BCUT2D eigenvalue weighted by molar-refractivity contribution is 0.104. The van der Waals surface area contributed by atoms with Gasteiger partial charge in [-0.15, -0.1) is 11.3 Å². The van der Waals surface area contributed by atoms with Gasteiger partial charge in [-0.3, -0.25) is 4.90 Å². The van der Waals surface area contributed by atoms with Crippen molar-refractivity contribution in [1.29, 1.82) is 0 Å². The molecule has 5 rings (SSSR count). The first kappa shape index (κ1) is 19.2. The monoisotopic (exact) mass is 431 g/mol. The van der Waals surface area contributed by atoms with Gasteiger partial charge in [0.15, 0.2) is 0 Å². The molecule has 1 saturated heterocycles. The van der Waals surface area contributed by atoms with Crippen molar-refractivity contribution in [2.75, 3.05) is 38.5 Å². The van der Waals surface area contributed by atoms with Crippen LogP contribution in [0.25, 0.3) is 10.2 Å². The van der Waals surface area contributed by atoms with Gasteiger partial charge >= 0.3 is 0 Å². The molecule has 3 heterocycles. The maximum Gasteiger partial charge on any atom is 0.142 e. The van der Waals surface area contributed by atoms with Gasteiger partial charge in [-0.05, 0) is 50.1 Å². The SMILES string of the molecule is CN1CCN(C2CCc3c(sc4ncnc(Nc5ccc(F)c(Cl)c5)c34)C2)CC1. The lowest BCUT2D eigenvalue weighted by atomic mass is 9.91. The van der Waals surface area contributed by atoms with Gasteiger partial charge in [-0.2, -0.15) is 0 Å². The van der Waals surface area contributed by atoms with E-state index in [9.17, 15) is 4.39 Å². The number of halogens is 2. The van der Waals surface area contributed by atoms with Crippen LogP contribution in [0.2, 0.25) is 5.02 Å². The van der Waals surface area contributed by atoms with E-state index in [1.807, 2.05) is 0 Å². The number of piperazine rings is 1. The number of benzene rings is 1. The Balaban J connectivity index is 1.43. The average molecular weight is 432 g/mol. The van der Waals surface area contributed by atoms with E-state index >= 15 is 0 Å². The summed E-state index contributed by atoms with van der Waals surface area (Å²) in [5, 5.41) is 4.52. The molecule has 8 heteroatoms. The van der Waals surface area contributed by atoms with Crippen LogP contribution in [0.4, 0.5) is 15.9 Å². The van der Waals surface area contributed by atoms with Gasteiger partial charge in [0.25, 0.3) is 0 Å². The Labute approximate surface area is 178 Å². The third-order valence-electron chi connectivity index (χ3n) is 6.06. The van der Waals surface area contributed by atoms with Crippen LogP contribution in [-0.4, -0.2) is 59.0 Å². The van der Waals surface area contributed by atoms with Crippen LogP contribution in [0.15, 0.2) is 24.5 Å². The molecule has 0 radical (unpaired) electrons. The number of nitrogens with zero attached hydrogens (tertiary/aromatic N) is 4. The Morgan fingerprint density at radius 3 is 2.83 bits per heavy atom. The zero-order valence-electron chi connectivity index (χ0n) is 16.3. The number of aryl methyl sites for hydroxylation is 1. The largest absolute Gasteiger partial charge is 0.340 e. The molecule has 5 nitrogen and oxygen atoms in total. The average Bonchev–Trinajstić information content (AvgIpc) is 3.10. The van der Waals surface area contributed by atoms with Crippen molar-refractivity contribution in [3.63, 3.8) is 0 Å². The highest BCUT2D eigenvalue weighted by Gasteiger charge is 2.29. The smallest absolute Gasteiger partial charge is 0.142 e. The molecule has 152 valence electrons. The van der Waals surface area contributed by atoms with Crippen LogP contribution >= 0.6 is 22.9 Å². The Hall–Kier alpha value is -1.80. The van der Waals surface area contributed by atoms with Crippen molar-refractivity contribution in [2.45, 2.75) is 25.3 Å². The molecule has 0 saturated carbocycles. The van der Waals surface area contributed by atoms with Crippen LogP contribution in [0.1, 0.15) is 16.9 Å². The van der Waals surface area contributed by atoms with Crippen molar-refractivity contribution in [3.05, 3.63) is 45.8 Å². The first-order valence-corrected chi connectivity index (χ1v) is 11.2. The summed E-state index contributed by atoms with van der Waals surface area (Å²) in [5.41, 5.74) is 2.09. The summed E-state index contributed by atoms with van der Waals surface area (Å²) in [4.78, 5) is 16.5. The summed E-state index contributed by atoms with van der Waals surface area (Å²) in [7, 11) is 2.20. The zero-order chi connectivity index (χ0) is 20.0. The summed E-state index contributed by atoms with van der Waals surface area (Å²) in [6.45, 7) is 4.60. The molecule has 1 aliphatic heterocycles. The molecule has 0 bridgehead atoms. The standard InChI is InChI=1S/C21H23ClFN5S/c1-27-6-8-28(9-7-27)14-3-4-15-18(11-14)29-21-19(15)20(24-12-25-21)26-13-2-5-17(23)16(22)10-13/h2,5,10,12,14H,3-4,6-9,11H2,1H3,(H,24,25,26). The quantitative estimate of drug-likeness (QED) is 0.668.